The minimum atomic E-state index is -0.265. The lowest BCUT2D eigenvalue weighted by Gasteiger charge is -2.08. The number of benzene rings is 1. The lowest BCUT2D eigenvalue weighted by Crippen LogP contribution is -2.30. The molecule has 0 bridgehead atoms. The van der Waals surface area contributed by atoms with Crippen molar-refractivity contribution in [3.05, 3.63) is 54.2 Å². The number of rotatable bonds is 9. The molecule has 2 aromatic heterocycles. The third-order valence-electron chi connectivity index (χ3n) is 3.92. The molecule has 0 aliphatic rings. The van der Waals surface area contributed by atoms with Gasteiger partial charge in [-0.15, -0.1) is 0 Å². The molecular weight excluding hydrogens is 360 g/mol. The fourth-order valence-electron chi connectivity index (χ4n) is 2.40. The highest BCUT2D eigenvalue weighted by atomic mass is 16.5. The molecule has 0 atom stereocenters. The first kappa shape index (κ1) is 19.6. The zero-order valence-corrected chi connectivity index (χ0v) is 16.0. The molecular formula is C20H24N4O4. The van der Waals surface area contributed by atoms with Crippen LogP contribution in [0.25, 0.3) is 11.5 Å². The Morgan fingerprint density at radius 1 is 1.21 bits per heavy atom. The maximum Gasteiger partial charge on any atom is 0.319 e. The van der Waals surface area contributed by atoms with Crippen LogP contribution in [0.3, 0.4) is 0 Å². The van der Waals surface area contributed by atoms with E-state index >= 15 is 0 Å². The smallest absolute Gasteiger partial charge is 0.319 e. The quantitative estimate of drug-likeness (QED) is 0.537. The van der Waals surface area contributed by atoms with Crippen LogP contribution < -0.4 is 10.6 Å². The number of carbonyl (C=O) groups excluding carboxylic acids is 1. The monoisotopic (exact) mass is 384 g/mol. The average Bonchev–Trinajstić information content (AvgIpc) is 3.37. The molecule has 0 unspecified atom stereocenters. The van der Waals surface area contributed by atoms with Gasteiger partial charge in [-0.25, -0.2) is 4.79 Å². The topological polar surface area (TPSA) is 102 Å². The van der Waals surface area contributed by atoms with E-state index in [-0.39, 0.29) is 11.9 Å². The summed E-state index contributed by atoms with van der Waals surface area (Å²) in [5.41, 5.74) is 1.48. The van der Waals surface area contributed by atoms with Gasteiger partial charge in [0, 0.05) is 30.3 Å². The largest absolute Gasteiger partial charge is 0.467 e. The molecule has 1 aromatic carbocycles. The molecule has 0 saturated carbocycles. The summed E-state index contributed by atoms with van der Waals surface area (Å²) in [4.78, 5) is 16.3. The third-order valence-corrected chi connectivity index (χ3v) is 3.92. The van der Waals surface area contributed by atoms with Gasteiger partial charge < -0.3 is 24.3 Å². The van der Waals surface area contributed by atoms with Crippen molar-refractivity contribution in [3.63, 3.8) is 0 Å². The highest BCUT2D eigenvalue weighted by Crippen LogP contribution is 2.21. The van der Waals surface area contributed by atoms with Crippen LogP contribution in [0.5, 0.6) is 0 Å². The second kappa shape index (κ2) is 9.70. The summed E-state index contributed by atoms with van der Waals surface area (Å²) in [6.07, 6.45) is 2.32. The van der Waals surface area contributed by atoms with E-state index in [2.05, 4.69) is 20.8 Å². The van der Waals surface area contributed by atoms with E-state index < -0.39 is 0 Å². The summed E-state index contributed by atoms with van der Waals surface area (Å²) in [6.45, 7) is 5.50. The number of amides is 2. The molecule has 3 aromatic rings. The van der Waals surface area contributed by atoms with Gasteiger partial charge in [-0.3, -0.25) is 0 Å². The Morgan fingerprint density at radius 3 is 2.71 bits per heavy atom. The first-order valence-electron chi connectivity index (χ1n) is 9.21. The Kier molecular flexibility index (Phi) is 6.80. The van der Waals surface area contributed by atoms with Gasteiger partial charge in [0.1, 0.15) is 12.4 Å². The number of aromatic nitrogens is 2. The Morgan fingerprint density at radius 2 is 2.04 bits per heavy atom. The molecule has 8 nitrogen and oxygen atoms in total. The van der Waals surface area contributed by atoms with Crippen LogP contribution in [0, 0.1) is 0 Å². The van der Waals surface area contributed by atoms with Gasteiger partial charge >= 0.3 is 6.03 Å². The highest BCUT2D eigenvalue weighted by Gasteiger charge is 2.11. The van der Waals surface area contributed by atoms with E-state index in [1.165, 1.54) is 0 Å². The van der Waals surface area contributed by atoms with Crippen LogP contribution >= 0.6 is 0 Å². The SMILES string of the molecule is CC(C)c1noc(-c2ccc(NC(=O)NCCCOCc3ccco3)cc2)n1. The molecule has 0 fully saturated rings. The molecule has 0 spiro atoms. The Hall–Kier alpha value is -3.13. The number of anilines is 1. The second-order valence-corrected chi connectivity index (χ2v) is 6.56. The van der Waals surface area contributed by atoms with Crippen molar-refractivity contribution in [1.82, 2.24) is 15.5 Å². The molecule has 8 heteroatoms. The van der Waals surface area contributed by atoms with E-state index in [1.807, 2.05) is 38.1 Å². The normalized spacial score (nSPS) is 11.0. The van der Waals surface area contributed by atoms with E-state index in [0.717, 1.165) is 11.3 Å². The van der Waals surface area contributed by atoms with Gasteiger partial charge in [0.05, 0.1) is 6.26 Å². The highest BCUT2D eigenvalue weighted by molar-refractivity contribution is 5.89. The van der Waals surface area contributed by atoms with Crippen molar-refractivity contribution in [2.75, 3.05) is 18.5 Å². The molecule has 0 radical (unpaired) electrons. The van der Waals surface area contributed by atoms with E-state index in [0.29, 0.717) is 43.6 Å². The molecule has 3 rings (SSSR count). The minimum absolute atomic E-state index is 0.206. The summed E-state index contributed by atoms with van der Waals surface area (Å²) in [5, 5.41) is 9.53. The maximum absolute atomic E-state index is 11.9. The van der Waals surface area contributed by atoms with Crippen LogP contribution in [-0.2, 0) is 11.3 Å². The number of ether oxygens (including phenoxy) is 1. The number of urea groups is 1. The van der Waals surface area contributed by atoms with Crippen LogP contribution in [0.2, 0.25) is 0 Å². The predicted molar refractivity (Wildman–Crippen MR) is 104 cm³/mol. The molecule has 2 heterocycles. The zero-order chi connectivity index (χ0) is 19.8. The van der Waals surface area contributed by atoms with Crippen LogP contribution in [0.4, 0.5) is 10.5 Å². The molecule has 2 amide bonds. The maximum atomic E-state index is 11.9. The Balaban J connectivity index is 1.36. The van der Waals surface area contributed by atoms with E-state index in [9.17, 15) is 4.79 Å². The molecule has 148 valence electrons. The van der Waals surface area contributed by atoms with Gasteiger partial charge in [-0.2, -0.15) is 4.98 Å². The third kappa shape index (κ3) is 5.68. The van der Waals surface area contributed by atoms with Crippen LogP contribution in [0.15, 0.2) is 51.6 Å². The number of furan rings is 1. The zero-order valence-electron chi connectivity index (χ0n) is 16.0. The van der Waals surface area contributed by atoms with E-state index in [4.69, 9.17) is 13.7 Å². The number of nitrogens with zero attached hydrogens (tertiary/aromatic N) is 2. The van der Waals surface area contributed by atoms with E-state index in [1.54, 1.807) is 18.4 Å². The average molecular weight is 384 g/mol. The molecule has 28 heavy (non-hydrogen) atoms. The number of hydrogen-bond donors (Lipinski definition) is 2. The van der Waals surface area contributed by atoms with Crippen LogP contribution in [0.1, 0.15) is 37.8 Å². The summed E-state index contributed by atoms with van der Waals surface area (Å²) in [5.74, 6) is 2.13. The van der Waals surface area contributed by atoms with Crippen molar-refractivity contribution in [3.8, 4) is 11.5 Å². The summed E-state index contributed by atoms with van der Waals surface area (Å²) in [7, 11) is 0. The standard InChI is InChI=1S/C20H24N4O4/c1-14(2)18-23-19(28-24-18)15-6-8-16(9-7-15)22-20(25)21-10-4-11-26-13-17-5-3-12-27-17/h3,5-9,12,14H,4,10-11,13H2,1-2H3,(H2,21,22,25). The molecule has 0 aliphatic heterocycles. The van der Waals surface area contributed by atoms with Crippen molar-refractivity contribution in [1.29, 1.82) is 0 Å². The van der Waals surface area contributed by atoms with Gasteiger partial charge in [0.25, 0.3) is 5.89 Å². The first-order valence-corrected chi connectivity index (χ1v) is 9.21. The summed E-state index contributed by atoms with van der Waals surface area (Å²) >= 11 is 0. The molecule has 0 aliphatic carbocycles. The van der Waals surface area contributed by atoms with Crippen molar-refractivity contribution < 1.29 is 18.5 Å². The van der Waals surface area contributed by atoms with Gasteiger partial charge in [-0.05, 0) is 42.8 Å². The Bertz CT molecular complexity index is 857. The lowest BCUT2D eigenvalue weighted by atomic mass is 10.2. The van der Waals surface area contributed by atoms with Crippen LogP contribution in [-0.4, -0.2) is 29.3 Å². The van der Waals surface area contributed by atoms with Gasteiger partial charge in [0.2, 0.25) is 0 Å². The Labute approximate surface area is 163 Å². The molecule has 2 N–H and O–H groups in total. The summed E-state index contributed by atoms with van der Waals surface area (Å²) < 4.78 is 15.9. The minimum Gasteiger partial charge on any atom is -0.467 e. The van der Waals surface area contributed by atoms with Gasteiger partial charge in [0.15, 0.2) is 5.82 Å². The lowest BCUT2D eigenvalue weighted by molar-refractivity contribution is 0.104. The number of carbonyl (C=O) groups is 1. The number of nitrogens with one attached hydrogen (secondary N) is 2. The van der Waals surface area contributed by atoms with Gasteiger partial charge in [-0.1, -0.05) is 19.0 Å². The van der Waals surface area contributed by atoms with Crippen molar-refractivity contribution >= 4 is 11.7 Å². The molecule has 0 saturated heterocycles. The summed E-state index contributed by atoms with van der Waals surface area (Å²) in [6, 6.07) is 10.7. The predicted octanol–water partition coefficient (Wildman–Crippen LogP) is 4.18. The number of hydrogen-bond acceptors (Lipinski definition) is 6. The second-order valence-electron chi connectivity index (χ2n) is 6.56. The van der Waals surface area contributed by atoms with Crippen molar-refractivity contribution in [2.24, 2.45) is 0 Å². The van der Waals surface area contributed by atoms with Crippen molar-refractivity contribution in [2.45, 2.75) is 32.8 Å². The first-order chi connectivity index (χ1) is 13.6. The fraction of sp³-hybridized carbons (Fsp3) is 0.350. The fourth-order valence-corrected chi connectivity index (χ4v) is 2.40.